The minimum absolute atomic E-state index is 0.00491. The Kier molecular flexibility index (Phi) is 5.22. The van der Waals surface area contributed by atoms with E-state index in [1.807, 2.05) is 0 Å². The Hall–Kier alpha value is -1.76. The van der Waals surface area contributed by atoms with Gasteiger partial charge in [0.2, 0.25) is 0 Å². The number of halogens is 3. The van der Waals surface area contributed by atoms with E-state index in [0.717, 1.165) is 18.2 Å². The Morgan fingerprint density at radius 3 is 2.43 bits per heavy atom. The molecule has 118 valence electrons. The van der Waals surface area contributed by atoms with Crippen LogP contribution in [0.4, 0.5) is 23.7 Å². The van der Waals surface area contributed by atoms with Crippen molar-refractivity contribution in [3.8, 4) is 0 Å². The smallest absolute Gasteiger partial charge is 0.412 e. The molecule has 4 nitrogen and oxygen atoms in total. The quantitative estimate of drug-likeness (QED) is 0.892. The van der Waals surface area contributed by atoms with Crippen molar-refractivity contribution in [2.45, 2.75) is 38.7 Å². The zero-order valence-electron chi connectivity index (χ0n) is 12.0. The van der Waals surface area contributed by atoms with Crippen LogP contribution in [0.1, 0.15) is 32.8 Å². The number of hydrogen-bond acceptors (Lipinski definition) is 3. The van der Waals surface area contributed by atoms with E-state index in [0.29, 0.717) is 0 Å². The van der Waals surface area contributed by atoms with Crippen molar-refractivity contribution < 1.29 is 27.8 Å². The van der Waals surface area contributed by atoms with Gasteiger partial charge in [0.1, 0.15) is 11.4 Å². The summed E-state index contributed by atoms with van der Waals surface area (Å²) < 4.78 is 45.7. The summed E-state index contributed by atoms with van der Waals surface area (Å²) in [6.07, 6.45) is -1.68. The number of aliphatic hydroxyl groups is 1. The Labute approximate surface area is 120 Å². The van der Waals surface area contributed by atoms with Gasteiger partial charge in [0.05, 0.1) is 5.56 Å². The lowest BCUT2D eigenvalue weighted by molar-refractivity contribution is -0.0299. The van der Waals surface area contributed by atoms with Gasteiger partial charge in [-0.3, -0.25) is 5.32 Å². The molecular formula is C14H18F3NO3. The van der Waals surface area contributed by atoms with Gasteiger partial charge >= 0.3 is 6.09 Å². The maximum absolute atomic E-state index is 13.7. The molecule has 0 unspecified atom stereocenters. The zero-order valence-corrected chi connectivity index (χ0v) is 12.0. The summed E-state index contributed by atoms with van der Waals surface area (Å²) >= 11 is 0. The predicted octanol–water partition coefficient (Wildman–Crippen LogP) is 3.65. The SMILES string of the molecule is CC(C)(C)OC(=O)Nc1ccc(C(F)(F)CCO)c(F)c1. The van der Waals surface area contributed by atoms with Crippen LogP contribution in [0.5, 0.6) is 0 Å². The largest absolute Gasteiger partial charge is 0.444 e. The molecular weight excluding hydrogens is 287 g/mol. The molecule has 0 fully saturated rings. The second-order valence-corrected chi connectivity index (χ2v) is 5.50. The minimum Gasteiger partial charge on any atom is -0.444 e. The third-order valence-electron chi connectivity index (χ3n) is 2.43. The lowest BCUT2D eigenvalue weighted by atomic mass is 10.0. The Morgan fingerprint density at radius 1 is 1.33 bits per heavy atom. The van der Waals surface area contributed by atoms with Gasteiger partial charge in [0.25, 0.3) is 5.92 Å². The van der Waals surface area contributed by atoms with Crippen molar-refractivity contribution in [1.82, 2.24) is 0 Å². The molecule has 0 aliphatic heterocycles. The molecule has 1 rings (SSSR count). The maximum atomic E-state index is 13.7. The third kappa shape index (κ3) is 5.26. The summed E-state index contributed by atoms with van der Waals surface area (Å²) in [7, 11) is 0. The number of carbonyl (C=O) groups excluding carboxylic acids is 1. The van der Waals surface area contributed by atoms with E-state index in [2.05, 4.69) is 5.32 Å². The van der Waals surface area contributed by atoms with Gasteiger partial charge in [-0.05, 0) is 39.0 Å². The number of benzene rings is 1. The molecule has 2 N–H and O–H groups in total. The number of nitrogens with one attached hydrogen (secondary N) is 1. The number of ether oxygens (including phenoxy) is 1. The fraction of sp³-hybridized carbons (Fsp3) is 0.500. The lowest BCUT2D eigenvalue weighted by Crippen LogP contribution is -2.27. The van der Waals surface area contributed by atoms with Crippen LogP contribution in [0.25, 0.3) is 0 Å². The Balaban J connectivity index is 2.86. The molecule has 0 heterocycles. The molecule has 1 aromatic carbocycles. The van der Waals surface area contributed by atoms with Gasteiger partial charge < -0.3 is 9.84 Å². The van der Waals surface area contributed by atoms with Crippen LogP contribution < -0.4 is 5.32 Å². The normalized spacial score (nSPS) is 12.1. The maximum Gasteiger partial charge on any atom is 0.412 e. The molecule has 0 bridgehead atoms. The molecule has 0 aromatic heterocycles. The zero-order chi connectivity index (χ0) is 16.3. The van der Waals surface area contributed by atoms with Crippen molar-refractivity contribution in [2.75, 3.05) is 11.9 Å². The molecule has 7 heteroatoms. The number of alkyl halides is 2. The van der Waals surface area contributed by atoms with Crippen molar-refractivity contribution in [3.05, 3.63) is 29.6 Å². The highest BCUT2D eigenvalue weighted by molar-refractivity contribution is 5.84. The highest BCUT2D eigenvalue weighted by Gasteiger charge is 2.34. The van der Waals surface area contributed by atoms with E-state index in [1.54, 1.807) is 20.8 Å². The number of rotatable bonds is 4. The van der Waals surface area contributed by atoms with E-state index in [9.17, 15) is 18.0 Å². The molecule has 0 aliphatic carbocycles. The van der Waals surface area contributed by atoms with Gasteiger partial charge in [-0.1, -0.05) is 0 Å². The highest BCUT2D eigenvalue weighted by atomic mass is 19.3. The number of amides is 1. The molecule has 0 atom stereocenters. The van der Waals surface area contributed by atoms with Gasteiger partial charge in [-0.25, -0.2) is 18.0 Å². The fourth-order valence-electron chi connectivity index (χ4n) is 1.59. The summed E-state index contributed by atoms with van der Waals surface area (Å²) in [5.41, 5.74) is -1.55. The van der Waals surface area contributed by atoms with E-state index in [1.165, 1.54) is 0 Å². The summed E-state index contributed by atoms with van der Waals surface area (Å²) in [6.45, 7) is 4.22. The van der Waals surface area contributed by atoms with Gasteiger partial charge in [-0.15, -0.1) is 0 Å². The van der Waals surface area contributed by atoms with Crippen molar-refractivity contribution in [1.29, 1.82) is 0 Å². The highest BCUT2D eigenvalue weighted by Crippen LogP contribution is 2.34. The molecule has 21 heavy (non-hydrogen) atoms. The number of hydrogen-bond donors (Lipinski definition) is 2. The van der Waals surface area contributed by atoms with Crippen molar-refractivity contribution in [3.63, 3.8) is 0 Å². The molecule has 1 amide bonds. The Bertz CT molecular complexity index is 513. The lowest BCUT2D eigenvalue weighted by Gasteiger charge is -2.20. The molecule has 0 spiro atoms. The Morgan fingerprint density at radius 2 is 1.95 bits per heavy atom. The summed E-state index contributed by atoms with van der Waals surface area (Å²) in [5.74, 6) is -4.63. The van der Waals surface area contributed by atoms with E-state index in [4.69, 9.17) is 9.84 Å². The monoisotopic (exact) mass is 305 g/mol. The van der Waals surface area contributed by atoms with Crippen LogP contribution in [0.2, 0.25) is 0 Å². The molecule has 0 saturated carbocycles. The number of anilines is 1. The van der Waals surface area contributed by atoms with Crippen LogP contribution in [-0.4, -0.2) is 23.4 Å². The predicted molar refractivity (Wildman–Crippen MR) is 71.9 cm³/mol. The summed E-state index contributed by atoms with van der Waals surface area (Å²) in [4.78, 5) is 11.5. The van der Waals surface area contributed by atoms with E-state index in [-0.39, 0.29) is 5.69 Å². The molecule has 1 aromatic rings. The van der Waals surface area contributed by atoms with Crippen molar-refractivity contribution >= 4 is 11.8 Å². The first-order valence-corrected chi connectivity index (χ1v) is 6.34. The first kappa shape index (κ1) is 17.3. The molecule has 0 aliphatic rings. The van der Waals surface area contributed by atoms with Crippen LogP contribution in [-0.2, 0) is 10.7 Å². The van der Waals surface area contributed by atoms with Crippen LogP contribution in [0.15, 0.2) is 18.2 Å². The second-order valence-electron chi connectivity index (χ2n) is 5.50. The van der Waals surface area contributed by atoms with E-state index < -0.39 is 42.0 Å². The first-order chi connectivity index (χ1) is 9.55. The summed E-state index contributed by atoms with van der Waals surface area (Å²) in [6, 6.07) is 2.80. The molecule has 0 radical (unpaired) electrons. The summed E-state index contributed by atoms with van der Waals surface area (Å²) in [5, 5.41) is 10.8. The first-order valence-electron chi connectivity index (χ1n) is 6.34. The number of aliphatic hydroxyl groups excluding tert-OH is 1. The van der Waals surface area contributed by atoms with Gasteiger partial charge in [0, 0.05) is 18.7 Å². The molecule has 0 saturated heterocycles. The topological polar surface area (TPSA) is 58.6 Å². The standard InChI is InChI=1S/C14H18F3NO3/c1-13(2,3)21-12(20)18-9-4-5-10(11(15)8-9)14(16,17)6-7-19/h4-5,8,19H,6-7H2,1-3H3,(H,18,20). The van der Waals surface area contributed by atoms with Gasteiger partial charge in [-0.2, -0.15) is 0 Å². The average molecular weight is 305 g/mol. The van der Waals surface area contributed by atoms with E-state index >= 15 is 0 Å². The minimum atomic E-state index is -3.47. The third-order valence-corrected chi connectivity index (χ3v) is 2.43. The van der Waals surface area contributed by atoms with Crippen molar-refractivity contribution in [2.24, 2.45) is 0 Å². The number of carbonyl (C=O) groups is 1. The second kappa shape index (κ2) is 6.34. The van der Waals surface area contributed by atoms with Crippen LogP contribution in [0.3, 0.4) is 0 Å². The van der Waals surface area contributed by atoms with Crippen LogP contribution >= 0.6 is 0 Å². The average Bonchev–Trinajstić information content (AvgIpc) is 2.25. The van der Waals surface area contributed by atoms with Crippen LogP contribution in [0, 0.1) is 5.82 Å². The fourth-order valence-corrected chi connectivity index (χ4v) is 1.59. The van der Waals surface area contributed by atoms with Gasteiger partial charge in [0.15, 0.2) is 0 Å².